The molecule has 1 heterocycles. The van der Waals surface area contributed by atoms with Gasteiger partial charge in [0.1, 0.15) is 12.2 Å². The van der Waals surface area contributed by atoms with Crippen molar-refractivity contribution in [3.8, 4) is 17.2 Å². The Morgan fingerprint density at radius 2 is 1.66 bits per heavy atom. The molecule has 2 N–H and O–H groups in total. The minimum absolute atomic E-state index is 0.0443. The molecular formula is C26H22N2O7. The summed E-state index contributed by atoms with van der Waals surface area (Å²) >= 11 is 0. The first-order valence-electron chi connectivity index (χ1n) is 10.5. The molecule has 0 aliphatic carbocycles. The molecule has 9 heteroatoms. The SMILES string of the molecule is COc1cc(C=C2C(=O)NN(c3ccccc3)C2=O)cc(OC)c1OCc1cccc(C(=O)O)c1. The van der Waals surface area contributed by atoms with E-state index in [1.807, 2.05) is 6.07 Å². The van der Waals surface area contributed by atoms with Crippen LogP contribution < -0.4 is 24.6 Å². The molecular weight excluding hydrogens is 452 g/mol. The topological polar surface area (TPSA) is 114 Å². The van der Waals surface area contributed by atoms with Crippen LogP contribution >= 0.6 is 0 Å². The first-order valence-corrected chi connectivity index (χ1v) is 10.5. The third kappa shape index (κ3) is 4.93. The zero-order valence-electron chi connectivity index (χ0n) is 19.0. The molecule has 0 bridgehead atoms. The van der Waals surface area contributed by atoms with Gasteiger partial charge in [-0.25, -0.2) is 9.80 Å². The van der Waals surface area contributed by atoms with E-state index in [-0.39, 0.29) is 17.7 Å². The Hall–Kier alpha value is -4.79. The van der Waals surface area contributed by atoms with E-state index in [1.54, 1.807) is 48.5 Å². The van der Waals surface area contributed by atoms with Gasteiger partial charge in [0.05, 0.1) is 25.5 Å². The minimum Gasteiger partial charge on any atom is -0.493 e. The van der Waals surface area contributed by atoms with Crippen molar-refractivity contribution >= 4 is 29.5 Å². The fourth-order valence-electron chi connectivity index (χ4n) is 3.56. The molecule has 3 aromatic carbocycles. The van der Waals surface area contributed by atoms with Crippen LogP contribution in [0.3, 0.4) is 0 Å². The fourth-order valence-corrected chi connectivity index (χ4v) is 3.56. The number of nitrogens with one attached hydrogen (secondary N) is 1. The second-order valence-corrected chi connectivity index (χ2v) is 7.52. The minimum atomic E-state index is -1.03. The molecule has 178 valence electrons. The molecule has 0 unspecified atom stereocenters. The highest BCUT2D eigenvalue weighted by molar-refractivity contribution is 6.31. The number of anilines is 1. The Morgan fingerprint density at radius 3 is 2.29 bits per heavy atom. The Morgan fingerprint density at radius 1 is 0.971 bits per heavy atom. The number of aromatic carboxylic acids is 1. The third-order valence-electron chi connectivity index (χ3n) is 5.26. The largest absolute Gasteiger partial charge is 0.493 e. The number of carbonyl (C=O) groups is 3. The van der Waals surface area contributed by atoms with Gasteiger partial charge in [-0.3, -0.25) is 15.0 Å². The molecule has 1 aliphatic rings. The standard InChI is InChI=1S/C26H22N2O7/c1-33-21-13-17(12-20-24(29)27-28(25(20)30)19-9-4-3-5-10-19)14-22(34-2)23(21)35-15-16-7-6-8-18(11-16)26(31)32/h3-14H,15H2,1-2H3,(H,27,29)(H,31,32). The molecule has 2 amide bonds. The summed E-state index contributed by atoms with van der Waals surface area (Å²) in [5, 5.41) is 10.4. The van der Waals surface area contributed by atoms with E-state index in [4.69, 9.17) is 14.2 Å². The zero-order valence-corrected chi connectivity index (χ0v) is 19.0. The summed E-state index contributed by atoms with van der Waals surface area (Å²) < 4.78 is 16.8. The summed E-state index contributed by atoms with van der Waals surface area (Å²) in [5.74, 6) is -1.12. The predicted molar refractivity (Wildman–Crippen MR) is 127 cm³/mol. The summed E-state index contributed by atoms with van der Waals surface area (Å²) in [6, 6.07) is 18.4. The van der Waals surface area contributed by atoms with Crippen LogP contribution in [0.2, 0.25) is 0 Å². The van der Waals surface area contributed by atoms with Gasteiger partial charge in [-0.2, -0.15) is 0 Å². The summed E-state index contributed by atoms with van der Waals surface area (Å²) in [6.07, 6.45) is 1.45. The molecule has 1 aliphatic heterocycles. The van der Waals surface area contributed by atoms with Crippen LogP contribution in [0.15, 0.2) is 72.3 Å². The highest BCUT2D eigenvalue weighted by atomic mass is 16.5. The van der Waals surface area contributed by atoms with Crippen LogP contribution in [0.1, 0.15) is 21.5 Å². The van der Waals surface area contributed by atoms with Crippen LogP contribution in [0.4, 0.5) is 5.69 Å². The summed E-state index contributed by atoms with van der Waals surface area (Å²) in [7, 11) is 2.91. The molecule has 1 saturated heterocycles. The van der Waals surface area contributed by atoms with Crippen LogP contribution in [0.5, 0.6) is 17.2 Å². The van der Waals surface area contributed by atoms with E-state index < -0.39 is 17.8 Å². The van der Waals surface area contributed by atoms with Gasteiger partial charge in [0.2, 0.25) is 5.75 Å². The van der Waals surface area contributed by atoms with Crippen molar-refractivity contribution in [2.75, 3.05) is 19.2 Å². The maximum Gasteiger partial charge on any atom is 0.335 e. The summed E-state index contributed by atoms with van der Waals surface area (Å²) in [4.78, 5) is 36.6. The van der Waals surface area contributed by atoms with E-state index in [0.717, 1.165) is 0 Å². The van der Waals surface area contributed by atoms with Crippen molar-refractivity contribution in [1.82, 2.24) is 5.43 Å². The number of carbonyl (C=O) groups excluding carboxylic acids is 2. The highest BCUT2D eigenvalue weighted by Crippen LogP contribution is 2.40. The molecule has 35 heavy (non-hydrogen) atoms. The lowest BCUT2D eigenvalue weighted by molar-refractivity contribution is -0.117. The average Bonchev–Trinajstić information content (AvgIpc) is 3.16. The van der Waals surface area contributed by atoms with Crippen molar-refractivity contribution in [3.05, 3.63) is 89.0 Å². The Labute approximate surface area is 201 Å². The van der Waals surface area contributed by atoms with Gasteiger partial charge in [-0.05, 0) is 53.6 Å². The Balaban J connectivity index is 1.61. The number of methoxy groups -OCH3 is 2. The van der Waals surface area contributed by atoms with Crippen molar-refractivity contribution in [2.24, 2.45) is 0 Å². The number of amides is 2. The van der Waals surface area contributed by atoms with Crippen molar-refractivity contribution < 1.29 is 33.7 Å². The zero-order chi connectivity index (χ0) is 24.9. The molecule has 0 radical (unpaired) electrons. The van der Waals surface area contributed by atoms with Gasteiger partial charge in [0, 0.05) is 0 Å². The lowest BCUT2D eigenvalue weighted by atomic mass is 10.1. The second-order valence-electron chi connectivity index (χ2n) is 7.52. The molecule has 0 saturated carbocycles. The predicted octanol–water partition coefficient (Wildman–Crippen LogP) is 3.44. The van der Waals surface area contributed by atoms with Gasteiger partial charge in [0.15, 0.2) is 11.5 Å². The first-order chi connectivity index (χ1) is 16.9. The maximum absolute atomic E-state index is 12.9. The van der Waals surface area contributed by atoms with Gasteiger partial charge >= 0.3 is 5.97 Å². The maximum atomic E-state index is 12.9. The number of hydrogen-bond donors (Lipinski definition) is 2. The molecule has 4 rings (SSSR count). The highest BCUT2D eigenvalue weighted by Gasteiger charge is 2.34. The summed E-state index contributed by atoms with van der Waals surface area (Å²) in [5.41, 5.74) is 4.34. The lowest BCUT2D eigenvalue weighted by Crippen LogP contribution is -2.35. The summed E-state index contributed by atoms with van der Waals surface area (Å²) in [6.45, 7) is 0.0706. The number of benzene rings is 3. The third-order valence-corrected chi connectivity index (χ3v) is 5.26. The Bertz CT molecular complexity index is 1290. The second kappa shape index (κ2) is 10.0. The van der Waals surface area contributed by atoms with Gasteiger partial charge in [0.25, 0.3) is 11.8 Å². The number of hydrazine groups is 1. The molecule has 0 atom stereocenters. The van der Waals surface area contributed by atoms with Crippen LogP contribution in [0.25, 0.3) is 6.08 Å². The van der Waals surface area contributed by atoms with Crippen molar-refractivity contribution in [2.45, 2.75) is 6.61 Å². The monoisotopic (exact) mass is 474 g/mol. The van der Waals surface area contributed by atoms with E-state index in [1.165, 1.54) is 37.4 Å². The number of ether oxygens (including phenoxy) is 3. The van der Waals surface area contributed by atoms with Crippen LogP contribution in [-0.2, 0) is 16.2 Å². The van der Waals surface area contributed by atoms with Gasteiger partial charge in [-0.1, -0.05) is 30.3 Å². The van der Waals surface area contributed by atoms with Gasteiger partial charge in [-0.15, -0.1) is 0 Å². The first kappa shape index (κ1) is 23.4. The Kier molecular flexibility index (Phi) is 6.68. The molecule has 1 fully saturated rings. The number of hydrogen-bond acceptors (Lipinski definition) is 6. The number of carboxylic acid groups (broad SMARTS) is 1. The van der Waals surface area contributed by atoms with Crippen LogP contribution in [0, 0.1) is 0 Å². The lowest BCUT2D eigenvalue weighted by Gasteiger charge is -2.16. The van der Waals surface area contributed by atoms with Crippen LogP contribution in [-0.4, -0.2) is 37.1 Å². The number of para-hydroxylation sites is 1. The molecule has 0 spiro atoms. The smallest absolute Gasteiger partial charge is 0.335 e. The molecule has 3 aromatic rings. The average molecular weight is 474 g/mol. The van der Waals surface area contributed by atoms with Crippen molar-refractivity contribution in [1.29, 1.82) is 0 Å². The number of rotatable bonds is 8. The van der Waals surface area contributed by atoms with E-state index in [9.17, 15) is 19.5 Å². The molecule has 0 aromatic heterocycles. The fraction of sp³-hybridized carbons (Fsp3) is 0.115. The number of nitrogens with zero attached hydrogens (tertiary/aromatic N) is 1. The van der Waals surface area contributed by atoms with Crippen molar-refractivity contribution in [3.63, 3.8) is 0 Å². The van der Waals surface area contributed by atoms with E-state index in [2.05, 4.69) is 5.43 Å². The normalized spacial score (nSPS) is 14.1. The molecule has 9 nitrogen and oxygen atoms in total. The number of carboxylic acids is 1. The van der Waals surface area contributed by atoms with E-state index >= 15 is 0 Å². The van der Waals surface area contributed by atoms with E-state index in [0.29, 0.717) is 34.1 Å². The quantitative estimate of drug-likeness (QED) is 0.380. The van der Waals surface area contributed by atoms with Gasteiger partial charge < -0.3 is 19.3 Å².